The molecule has 0 aliphatic carbocycles. The summed E-state index contributed by atoms with van der Waals surface area (Å²) in [4.78, 5) is 9.11. The molecule has 0 aromatic carbocycles. The average Bonchev–Trinajstić information content (AvgIpc) is 2.81. The Bertz CT molecular complexity index is 387. The van der Waals surface area contributed by atoms with Crippen LogP contribution in [0.1, 0.15) is 50.0 Å². The lowest BCUT2D eigenvalue weighted by atomic mass is 10.2. The molecule has 1 aromatic rings. The maximum atomic E-state index is 5.65. The second kappa shape index (κ2) is 6.25. The number of hydrogen-bond donors (Lipinski definition) is 1. The van der Waals surface area contributed by atoms with Crippen molar-refractivity contribution in [3.63, 3.8) is 0 Å². The molecule has 1 aliphatic heterocycles. The molecule has 0 amide bonds. The quantitative estimate of drug-likeness (QED) is 0.870. The molecule has 1 fully saturated rings. The average molecular weight is 249 g/mol. The van der Waals surface area contributed by atoms with E-state index in [0.717, 1.165) is 49.8 Å². The fourth-order valence-corrected chi connectivity index (χ4v) is 2.16. The van der Waals surface area contributed by atoms with Gasteiger partial charge >= 0.3 is 0 Å². The van der Waals surface area contributed by atoms with Crippen molar-refractivity contribution in [2.75, 3.05) is 13.2 Å². The van der Waals surface area contributed by atoms with Crippen molar-refractivity contribution in [1.29, 1.82) is 0 Å². The first-order valence-electron chi connectivity index (χ1n) is 6.82. The first kappa shape index (κ1) is 13.4. The zero-order chi connectivity index (χ0) is 13.0. The van der Waals surface area contributed by atoms with Gasteiger partial charge in [0.1, 0.15) is 6.10 Å². The Kier molecular flexibility index (Phi) is 4.66. The predicted molar refractivity (Wildman–Crippen MR) is 71.2 cm³/mol. The molecular weight excluding hydrogens is 226 g/mol. The molecule has 2 rings (SSSR count). The van der Waals surface area contributed by atoms with Gasteiger partial charge in [0, 0.05) is 18.8 Å². The van der Waals surface area contributed by atoms with Crippen LogP contribution in [-0.2, 0) is 11.3 Å². The molecule has 0 spiro atoms. The molecule has 0 bridgehead atoms. The highest BCUT2D eigenvalue weighted by molar-refractivity contribution is 5.11. The summed E-state index contributed by atoms with van der Waals surface area (Å²) in [6.07, 6.45) is 2.26. The van der Waals surface area contributed by atoms with Gasteiger partial charge in [-0.15, -0.1) is 0 Å². The first-order valence-corrected chi connectivity index (χ1v) is 6.82. The molecule has 1 unspecified atom stereocenters. The van der Waals surface area contributed by atoms with Crippen LogP contribution >= 0.6 is 0 Å². The van der Waals surface area contributed by atoms with Gasteiger partial charge in [0.2, 0.25) is 0 Å². The van der Waals surface area contributed by atoms with Crippen LogP contribution in [0.15, 0.2) is 6.07 Å². The lowest BCUT2D eigenvalue weighted by Crippen LogP contribution is -2.20. The molecule has 1 N–H and O–H groups in total. The molecule has 1 atom stereocenters. The molecule has 4 heteroatoms. The Morgan fingerprint density at radius 3 is 2.94 bits per heavy atom. The van der Waals surface area contributed by atoms with E-state index >= 15 is 0 Å². The summed E-state index contributed by atoms with van der Waals surface area (Å²) in [7, 11) is 0. The fraction of sp³-hybridized carbons (Fsp3) is 0.714. The maximum Gasteiger partial charge on any atom is 0.157 e. The molecule has 0 saturated carbocycles. The van der Waals surface area contributed by atoms with Crippen molar-refractivity contribution in [3.8, 4) is 0 Å². The Balaban J connectivity index is 2.01. The van der Waals surface area contributed by atoms with E-state index in [9.17, 15) is 0 Å². The maximum absolute atomic E-state index is 5.65. The van der Waals surface area contributed by atoms with Crippen LogP contribution in [0.2, 0.25) is 0 Å². The Morgan fingerprint density at radius 2 is 2.28 bits per heavy atom. The highest BCUT2D eigenvalue weighted by Gasteiger charge is 2.21. The van der Waals surface area contributed by atoms with E-state index < -0.39 is 0 Å². The first-order chi connectivity index (χ1) is 8.65. The predicted octanol–water partition coefficient (Wildman–Crippen LogP) is 2.38. The van der Waals surface area contributed by atoms with Gasteiger partial charge in [-0.05, 0) is 38.3 Å². The Morgan fingerprint density at radius 1 is 1.44 bits per heavy atom. The highest BCUT2D eigenvalue weighted by atomic mass is 16.5. The van der Waals surface area contributed by atoms with Crippen molar-refractivity contribution >= 4 is 0 Å². The van der Waals surface area contributed by atoms with Gasteiger partial charge in [-0.2, -0.15) is 0 Å². The van der Waals surface area contributed by atoms with Crippen molar-refractivity contribution in [2.45, 2.75) is 46.3 Å². The van der Waals surface area contributed by atoms with Crippen LogP contribution in [0.25, 0.3) is 0 Å². The van der Waals surface area contributed by atoms with Gasteiger partial charge in [-0.1, -0.05) is 13.8 Å². The zero-order valence-electron chi connectivity index (χ0n) is 11.6. The number of nitrogens with zero attached hydrogens (tertiary/aromatic N) is 2. The van der Waals surface area contributed by atoms with Gasteiger partial charge in [-0.25, -0.2) is 9.97 Å². The van der Waals surface area contributed by atoms with Crippen LogP contribution < -0.4 is 5.32 Å². The van der Waals surface area contributed by atoms with E-state index in [1.54, 1.807) is 0 Å². The topological polar surface area (TPSA) is 47.0 Å². The summed E-state index contributed by atoms with van der Waals surface area (Å²) in [6.45, 7) is 9.08. The minimum Gasteiger partial charge on any atom is -0.370 e. The van der Waals surface area contributed by atoms with Crippen LogP contribution in [0, 0.1) is 12.8 Å². The lowest BCUT2D eigenvalue weighted by Gasteiger charge is -2.12. The second-order valence-corrected chi connectivity index (χ2v) is 5.39. The van der Waals surface area contributed by atoms with Gasteiger partial charge in [0.05, 0.1) is 5.69 Å². The summed E-state index contributed by atoms with van der Waals surface area (Å²) < 4.78 is 5.65. The molecule has 100 valence electrons. The Labute approximate surface area is 109 Å². The standard InChI is InChI=1S/C14H23N3O/c1-10(2)8-15-9-12-7-11(3)16-14(17-12)13-5-4-6-18-13/h7,10,13,15H,4-6,8-9H2,1-3H3. The highest BCUT2D eigenvalue weighted by Crippen LogP contribution is 2.26. The normalized spacial score (nSPS) is 19.7. The number of ether oxygens (including phenoxy) is 1. The van der Waals surface area contributed by atoms with Gasteiger partial charge < -0.3 is 10.1 Å². The number of aromatic nitrogens is 2. The molecule has 4 nitrogen and oxygen atoms in total. The number of nitrogens with one attached hydrogen (secondary N) is 1. The van der Waals surface area contributed by atoms with Gasteiger partial charge in [0.15, 0.2) is 5.82 Å². The fourth-order valence-electron chi connectivity index (χ4n) is 2.16. The third kappa shape index (κ3) is 3.75. The van der Waals surface area contributed by atoms with Crippen molar-refractivity contribution in [2.24, 2.45) is 5.92 Å². The van der Waals surface area contributed by atoms with Gasteiger partial charge in [-0.3, -0.25) is 0 Å². The van der Waals surface area contributed by atoms with Crippen LogP contribution in [-0.4, -0.2) is 23.1 Å². The van der Waals surface area contributed by atoms with Crippen molar-refractivity contribution in [3.05, 3.63) is 23.3 Å². The zero-order valence-corrected chi connectivity index (χ0v) is 11.6. The molecule has 1 aromatic heterocycles. The minimum absolute atomic E-state index is 0.105. The number of hydrogen-bond acceptors (Lipinski definition) is 4. The molecule has 0 radical (unpaired) electrons. The molecule has 1 aliphatic rings. The SMILES string of the molecule is Cc1cc(CNCC(C)C)nc(C2CCCO2)n1. The van der Waals surface area contributed by atoms with Gasteiger partial charge in [0.25, 0.3) is 0 Å². The number of aryl methyl sites for hydroxylation is 1. The van der Waals surface area contributed by atoms with E-state index in [-0.39, 0.29) is 6.10 Å². The molecule has 1 saturated heterocycles. The largest absolute Gasteiger partial charge is 0.370 e. The molecular formula is C14H23N3O. The van der Waals surface area contributed by atoms with Crippen molar-refractivity contribution < 1.29 is 4.74 Å². The summed E-state index contributed by atoms with van der Waals surface area (Å²) in [5, 5.41) is 3.42. The smallest absolute Gasteiger partial charge is 0.157 e. The monoisotopic (exact) mass is 249 g/mol. The third-order valence-electron chi connectivity index (χ3n) is 3.00. The van der Waals surface area contributed by atoms with E-state index in [4.69, 9.17) is 4.74 Å². The molecule has 18 heavy (non-hydrogen) atoms. The minimum atomic E-state index is 0.105. The molecule has 2 heterocycles. The van der Waals surface area contributed by atoms with E-state index in [0.29, 0.717) is 5.92 Å². The van der Waals surface area contributed by atoms with Crippen LogP contribution in [0.3, 0.4) is 0 Å². The number of rotatable bonds is 5. The van der Waals surface area contributed by atoms with E-state index in [1.807, 2.05) is 13.0 Å². The van der Waals surface area contributed by atoms with Crippen LogP contribution in [0.5, 0.6) is 0 Å². The van der Waals surface area contributed by atoms with Crippen LogP contribution in [0.4, 0.5) is 0 Å². The van der Waals surface area contributed by atoms with Crippen molar-refractivity contribution in [1.82, 2.24) is 15.3 Å². The summed E-state index contributed by atoms with van der Waals surface area (Å²) in [5.41, 5.74) is 2.09. The second-order valence-electron chi connectivity index (χ2n) is 5.39. The third-order valence-corrected chi connectivity index (χ3v) is 3.00. The summed E-state index contributed by atoms with van der Waals surface area (Å²) in [5.74, 6) is 1.51. The summed E-state index contributed by atoms with van der Waals surface area (Å²) in [6, 6.07) is 2.05. The Hall–Kier alpha value is -1.00. The summed E-state index contributed by atoms with van der Waals surface area (Å²) >= 11 is 0. The van der Waals surface area contributed by atoms with E-state index in [1.165, 1.54) is 0 Å². The van der Waals surface area contributed by atoms with E-state index in [2.05, 4.69) is 29.1 Å². The lowest BCUT2D eigenvalue weighted by molar-refractivity contribution is 0.104.